The Kier molecular flexibility index (Phi) is 3.95. The molecule has 0 unspecified atom stereocenters. The predicted octanol–water partition coefficient (Wildman–Crippen LogP) is 2.07. The fourth-order valence-electron chi connectivity index (χ4n) is 3.19. The predicted molar refractivity (Wildman–Crippen MR) is 78.1 cm³/mol. The summed E-state index contributed by atoms with van der Waals surface area (Å²) in [6.07, 6.45) is 2.49. The van der Waals surface area contributed by atoms with Crippen molar-refractivity contribution in [3.8, 4) is 0 Å². The first-order valence-electron chi connectivity index (χ1n) is 7.19. The van der Waals surface area contributed by atoms with E-state index in [1.807, 2.05) is 6.07 Å². The second kappa shape index (κ2) is 5.56. The number of aliphatic hydroxyl groups excluding tert-OH is 1. The fourth-order valence-corrected chi connectivity index (χ4v) is 3.99. The van der Waals surface area contributed by atoms with E-state index < -0.39 is 0 Å². The SMILES string of the molecule is CC(=O)c1cc(CN2CCC3(CC2)C[C@@H](O)CO3)cs1. The highest BCUT2D eigenvalue weighted by Gasteiger charge is 2.41. The van der Waals surface area contributed by atoms with E-state index in [-0.39, 0.29) is 17.5 Å². The van der Waals surface area contributed by atoms with Crippen molar-refractivity contribution >= 4 is 17.1 Å². The van der Waals surface area contributed by atoms with Crippen molar-refractivity contribution in [2.45, 2.75) is 44.4 Å². The largest absolute Gasteiger partial charge is 0.391 e. The summed E-state index contributed by atoms with van der Waals surface area (Å²) >= 11 is 1.53. The van der Waals surface area contributed by atoms with Gasteiger partial charge in [-0.05, 0) is 36.8 Å². The third kappa shape index (κ3) is 2.96. The van der Waals surface area contributed by atoms with Gasteiger partial charge in [-0.25, -0.2) is 0 Å². The van der Waals surface area contributed by atoms with Gasteiger partial charge >= 0.3 is 0 Å². The van der Waals surface area contributed by atoms with Crippen LogP contribution < -0.4 is 0 Å². The Hall–Kier alpha value is -0.750. The minimum absolute atomic E-state index is 0.0743. The summed E-state index contributed by atoms with van der Waals surface area (Å²) in [5, 5.41) is 11.7. The number of likely N-dealkylation sites (tertiary alicyclic amines) is 1. The Labute approximate surface area is 123 Å². The van der Waals surface area contributed by atoms with Crippen LogP contribution in [-0.2, 0) is 11.3 Å². The lowest BCUT2D eigenvalue weighted by molar-refractivity contribution is -0.0456. The molecule has 1 atom stereocenters. The molecule has 0 saturated carbocycles. The number of hydrogen-bond acceptors (Lipinski definition) is 5. The van der Waals surface area contributed by atoms with E-state index in [1.54, 1.807) is 6.92 Å². The van der Waals surface area contributed by atoms with E-state index in [2.05, 4.69) is 10.3 Å². The molecule has 3 heterocycles. The van der Waals surface area contributed by atoms with Crippen molar-refractivity contribution in [3.05, 3.63) is 21.9 Å². The lowest BCUT2D eigenvalue weighted by Gasteiger charge is -2.38. The summed E-state index contributed by atoms with van der Waals surface area (Å²) in [7, 11) is 0. The number of carbonyl (C=O) groups excluding carboxylic acids is 1. The van der Waals surface area contributed by atoms with Crippen LogP contribution in [0.3, 0.4) is 0 Å². The third-order valence-corrected chi connectivity index (χ3v) is 5.44. The number of aliphatic hydroxyl groups is 1. The van der Waals surface area contributed by atoms with Gasteiger partial charge in [0.15, 0.2) is 5.78 Å². The molecule has 2 aliphatic heterocycles. The first-order valence-corrected chi connectivity index (χ1v) is 8.07. The maximum Gasteiger partial charge on any atom is 0.169 e. The molecular formula is C15H21NO3S. The normalized spacial score (nSPS) is 26.2. The summed E-state index contributed by atoms with van der Waals surface area (Å²) in [4.78, 5) is 14.6. The van der Waals surface area contributed by atoms with Crippen molar-refractivity contribution in [2.75, 3.05) is 19.7 Å². The van der Waals surface area contributed by atoms with E-state index in [1.165, 1.54) is 16.9 Å². The number of ether oxygens (including phenoxy) is 1. The van der Waals surface area contributed by atoms with Crippen LogP contribution in [0.2, 0.25) is 0 Å². The van der Waals surface area contributed by atoms with Crippen LogP contribution in [-0.4, -0.2) is 47.2 Å². The number of piperidine rings is 1. The van der Waals surface area contributed by atoms with Crippen LogP contribution in [0.1, 0.15) is 41.4 Å². The van der Waals surface area contributed by atoms with E-state index in [0.29, 0.717) is 6.61 Å². The number of Topliss-reactive ketones (excluding diaryl/α,β-unsaturated/α-hetero) is 1. The molecule has 110 valence electrons. The molecule has 0 aliphatic carbocycles. The van der Waals surface area contributed by atoms with Crippen LogP contribution in [0.25, 0.3) is 0 Å². The van der Waals surface area contributed by atoms with Gasteiger partial charge in [-0.1, -0.05) is 0 Å². The van der Waals surface area contributed by atoms with Crippen molar-refractivity contribution in [2.24, 2.45) is 0 Å². The first-order chi connectivity index (χ1) is 9.56. The monoisotopic (exact) mass is 295 g/mol. The van der Waals surface area contributed by atoms with Gasteiger partial charge < -0.3 is 9.84 Å². The molecule has 1 aromatic rings. The molecule has 0 bridgehead atoms. The van der Waals surface area contributed by atoms with Crippen LogP contribution in [0.15, 0.2) is 11.4 Å². The van der Waals surface area contributed by atoms with Gasteiger partial charge in [0.2, 0.25) is 0 Å². The van der Waals surface area contributed by atoms with Gasteiger partial charge in [0.05, 0.1) is 23.2 Å². The third-order valence-electron chi connectivity index (χ3n) is 4.36. The molecule has 2 aliphatic rings. The minimum atomic E-state index is -0.281. The average Bonchev–Trinajstić information content (AvgIpc) is 3.01. The molecular weight excluding hydrogens is 274 g/mol. The van der Waals surface area contributed by atoms with E-state index in [4.69, 9.17) is 4.74 Å². The number of rotatable bonds is 3. The van der Waals surface area contributed by atoms with Crippen LogP contribution in [0, 0.1) is 0 Å². The molecule has 2 fully saturated rings. The number of carbonyl (C=O) groups is 1. The van der Waals surface area contributed by atoms with Crippen molar-refractivity contribution in [1.29, 1.82) is 0 Å². The Bertz CT molecular complexity index is 491. The molecule has 5 heteroatoms. The smallest absolute Gasteiger partial charge is 0.169 e. The summed E-state index contributed by atoms with van der Waals surface area (Å²) in [6.45, 7) is 5.01. The van der Waals surface area contributed by atoms with Gasteiger partial charge in [-0.3, -0.25) is 9.69 Å². The maximum absolute atomic E-state index is 11.3. The average molecular weight is 295 g/mol. The van der Waals surface area contributed by atoms with Crippen LogP contribution >= 0.6 is 11.3 Å². The molecule has 1 N–H and O–H groups in total. The summed E-state index contributed by atoms with van der Waals surface area (Å²) in [6, 6.07) is 2.01. The molecule has 1 spiro atoms. The van der Waals surface area contributed by atoms with Gasteiger partial charge in [0.1, 0.15) is 0 Å². The zero-order chi connectivity index (χ0) is 14.2. The molecule has 1 aromatic heterocycles. The Morgan fingerprint density at radius 2 is 2.30 bits per heavy atom. The highest BCUT2D eigenvalue weighted by molar-refractivity contribution is 7.12. The summed E-state index contributed by atoms with van der Waals surface area (Å²) in [5.74, 6) is 0.146. The lowest BCUT2D eigenvalue weighted by atomic mass is 9.88. The zero-order valence-electron chi connectivity index (χ0n) is 11.8. The molecule has 2 saturated heterocycles. The standard InChI is InChI=1S/C15H21NO3S/c1-11(17)14-6-12(10-20-14)8-16-4-2-15(3-5-16)7-13(18)9-19-15/h6,10,13,18H,2-5,7-9H2,1H3/t13-/m1/s1. The lowest BCUT2D eigenvalue weighted by Crippen LogP contribution is -2.43. The highest BCUT2D eigenvalue weighted by Crippen LogP contribution is 2.36. The topological polar surface area (TPSA) is 49.8 Å². The summed E-state index contributed by atoms with van der Waals surface area (Å²) < 4.78 is 5.81. The van der Waals surface area contributed by atoms with Crippen molar-refractivity contribution in [1.82, 2.24) is 4.90 Å². The summed E-state index contributed by atoms with van der Waals surface area (Å²) in [5.41, 5.74) is 1.15. The highest BCUT2D eigenvalue weighted by atomic mass is 32.1. The van der Waals surface area contributed by atoms with Crippen molar-refractivity contribution in [3.63, 3.8) is 0 Å². The van der Waals surface area contributed by atoms with E-state index in [0.717, 1.165) is 43.8 Å². The molecule has 3 rings (SSSR count). The Morgan fingerprint density at radius 1 is 1.55 bits per heavy atom. The molecule has 0 radical (unpaired) electrons. The number of thiophene rings is 1. The molecule has 20 heavy (non-hydrogen) atoms. The molecule has 4 nitrogen and oxygen atoms in total. The Morgan fingerprint density at radius 3 is 2.85 bits per heavy atom. The Balaban J connectivity index is 1.54. The van der Waals surface area contributed by atoms with Gasteiger partial charge in [0.25, 0.3) is 0 Å². The van der Waals surface area contributed by atoms with E-state index >= 15 is 0 Å². The molecule has 0 amide bonds. The second-order valence-corrected chi connectivity index (χ2v) is 6.91. The number of nitrogens with zero attached hydrogens (tertiary/aromatic N) is 1. The fraction of sp³-hybridized carbons (Fsp3) is 0.667. The van der Waals surface area contributed by atoms with Crippen LogP contribution in [0.4, 0.5) is 0 Å². The van der Waals surface area contributed by atoms with E-state index in [9.17, 15) is 9.90 Å². The van der Waals surface area contributed by atoms with Gasteiger partial charge in [0, 0.05) is 26.1 Å². The van der Waals surface area contributed by atoms with Crippen molar-refractivity contribution < 1.29 is 14.6 Å². The zero-order valence-corrected chi connectivity index (χ0v) is 12.6. The molecule has 0 aromatic carbocycles. The number of hydrogen-bond donors (Lipinski definition) is 1. The van der Waals surface area contributed by atoms with Crippen LogP contribution in [0.5, 0.6) is 0 Å². The van der Waals surface area contributed by atoms with Gasteiger partial charge in [-0.15, -0.1) is 11.3 Å². The first kappa shape index (κ1) is 14.2. The quantitative estimate of drug-likeness (QED) is 0.867. The van der Waals surface area contributed by atoms with Gasteiger partial charge in [-0.2, -0.15) is 0 Å². The number of ketones is 1. The maximum atomic E-state index is 11.3. The minimum Gasteiger partial charge on any atom is -0.391 e. The second-order valence-electron chi connectivity index (χ2n) is 6.00.